The Hall–Kier alpha value is -1.50. The number of hydrogen-bond acceptors (Lipinski definition) is 1. The molecule has 1 aromatic carbocycles. The van der Waals surface area contributed by atoms with Crippen LogP contribution in [0.4, 0.5) is 5.69 Å². The number of anilines is 1. The SMILES string of the molecule is C=Cc1cc2c(c(N(C)C)c1/C=C(\C)C1CC1)CC(C)C2. The Morgan fingerprint density at radius 2 is 2.00 bits per heavy atom. The molecule has 21 heavy (non-hydrogen) atoms. The van der Waals surface area contributed by atoms with Gasteiger partial charge >= 0.3 is 0 Å². The van der Waals surface area contributed by atoms with Crippen molar-refractivity contribution in [2.24, 2.45) is 11.8 Å². The second kappa shape index (κ2) is 5.36. The second-order valence-corrected chi connectivity index (χ2v) is 7.14. The molecule has 1 unspecified atom stereocenters. The maximum atomic E-state index is 4.06. The smallest absolute Gasteiger partial charge is 0.0476 e. The van der Waals surface area contributed by atoms with E-state index in [4.69, 9.17) is 0 Å². The first kappa shape index (κ1) is 14.4. The monoisotopic (exact) mass is 281 g/mol. The minimum atomic E-state index is 0.764. The van der Waals surface area contributed by atoms with Gasteiger partial charge in [0, 0.05) is 25.3 Å². The van der Waals surface area contributed by atoms with E-state index in [2.05, 4.69) is 51.6 Å². The zero-order valence-corrected chi connectivity index (χ0v) is 13.9. The van der Waals surface area contributed by atoms with Crippen LogP contribution >= 0.6 is 0 Å². The third kappa shape index (κ3) is 2.66. The lowest BCUT2D eigenvalue weighted by Crippen LogP contribution is -2.14. The highest BCUT2D eigenvalue weighted by atomic mass is 15.1. The lowest BCUT2D eigenvalue weighted by atomic mass is 9.94. The average Bonchev–Trinajstić information content (AvgIpc) is 3.20. The Kier molecular flexibility index (Phi) is 3.69. The van der Waals surface area contributed by atoms with E-state index in [-0.39, 0.29) is 0 Å². The van der Waals surface area contributed by atoms with Gasteiger partial charge in [-0.3, -0.25) is 0 Å². The van der Waals surface area contributed by atoms with Crippen molar-refractivity contribution in [2.75, 3.05) is 19.0 Å². The number of fused-ring (bicyclic) bond motifs is 1. The second-order valence-electron chi connectivity index (χ2n) is 7.14. The van der Waals surface area contributed by atoms with Crippen LogP contribution in [0.15, 0.2) is 18.2 Å². The Labute approximate surface area is 129 Å². The van der Waals surface area contributed by atoms with E-state index in [0.29, 0.717) is 0 Å². The van der Waals surface area contributed by atoms with E-state index < -0.39 is 0 Å². The third-order valence-corrected chi connectivity index (χ3v) is 4.95. The van der Waals surface area contributed by atoms with Gasteiger partial charge in [-0.25, -0.2) is 0 Å². The van der Waals surface area contributed by atoms with Crippen molar-refractivity contribution in [3.8, 4) is 0 Å². The maximum Gasteiger partial charge on any atom is 0.0476 e. The highest BCUT2D eigenvalue weighted by Crippen LogP contribution is 2.42. The summed E-state index contributed by atoms with van der Waals surface area (Å²) in [5, 5.41) is 0. The summed E-state index contributed by atoms with van der Waals surface area (Å²) in [4.78, 5) is 2.30. The fourth-order valence-electron chi connectivity index (χ4n) is 3.73. The molecule has 2 aliphatic carbocycles. The molecule has 0 radical (unpaired) electrons. The number of benzene rings is 1. The quantitative estimate of drug-likeness (QED) is 0.755. The zero-order chi connectivity index (χ0) is 15.1. The lowest BCUT2D eigenvalue weighted by molar-refractivity contribution is 0.627. The van der Waals surface area contributed by atoms with Gasteiger partial charge in [-0.15, -0.1) is 0 Å². The first-order valence-electron chi connectivity index (χ1n) is 8.18. The van der Waals surface area contributed by atoms with Gasteiger partial charge in [0.2, 0.25) is 0 Å². The molecule has 0 saturated heterocycles. The normalized spacial score (nSPS) is 21.3. The van der Waals surface area contributed by atoms with E-state index in [1.165, 1.54) is 53.6 Å². The molecule has 2 aliphatic rings. The van der Waals surface area contributed by atoms with Gasteiger partial charge in [0.15, 0.2) is 0 Å². The molecule has 112 valence electrons. The van der Waals surface area contributed by atoms with Crippen molar-refractivity contribution in [2.45, 2.75) is 39.5 Å². The number of hydrogen-bond donors (Lipinski definition) is 0. The first-order chi connectivity index (χ1) is 10.0. The minimum absolute atomic E-state index is 0.764. The van der Waals surface area contributed by atoms with Gasteiger partial charge in [-0.2, -0.15) is 0 Å². The van der Waals surface area contributed by atoms with E-state index >= 15 is 0 Å². The van der Waals surface area contributed by atoms with Crippen LogP contribution in [0, 0.1) is 11.8 Å². The molecule has 0 heterocycles. The summed E-state index contributed by atoms with van der Waals surface area (Å²) in [7, 11) is 4.35. The van der Waals surface area contributed by atoms with Crippen molar-refractivity contribution < 1.29 is 0 Å². The highest BCUT2D eigenvalue weighted by Gasteiger charge is 2.27. The van der Waals surface area contributed by atoms with Crippen LogP contribution in [0.3, 0.4) is 0 Å². The Bertz CT molecular complexity index is 603. The fourth-order valence-corrected chi connectivity index (χ4v) is 3.73. The van der Waals surface area contributed by atoms with Crippen LogP contribution in [-0.4, -0.2) is 14.1 Å². The van der Waals surface area contributed by atoms with Crippen molar-refractivity contribution in [1.82, 2.24) is 0 Å². The molecule has 0 aromatic heterocycles. The molecule has 1 heteroatoms. The summed E-state index contributed by atoms with van der Waals surface area (Å²) in [6.07, 6.45) is 9.61. The van der Waals surface area contributed by atoms with Gasteiger partial charge in [0.25, 0.3) is 0 Å². The standard InChI is InChI=1S/C20H27N/c1-6-15-12-17-9-13(2)10-18(17)20(21(4)5)19(15)11-14(3)16-7-8-16/h6,11-13,16H,1,7-10H2,2-5H3/b14-11+. The van der Waals surface area contributed by atoms with Gasteiger partial charge in [-0.05, 0) is 61.1 Å². The van der Waals surface area contributed by atoms with E-state index in [1.54, 1.807) is 5.56 Å². The number of rotatable bonds is 4. The molecule has 0 bridgehead atoms. The summed E-state index contributed by atoms with van der Waals surface area (Å²) in [6.45, 7) is 8.71. The molecule has 0 spiro atoms. The molecule has 3 rings (SSSR count). The first-order valence-corrected chi connectivity index (χ1v) is 8.18. The molecule has 0 aliphatic heterocycles. The molecule has 1 fully saturated rings. The highest BCUT2D eigenvalue weighted by molar-refractivity contribution is 5.81. The van der Waals surface area contributed by atoms with Gasteiger partial charge in [0.1, 0.15) is 0 Å². The van der Waals surface area contributed by atoms with Gasteiger partial charge in [-0.1, -0.05) is 37.3 Å². The van der Waals surface area contributed by atoms with Crippen molar-refractivity contribution in [3.05, 3.63) is 40.5 Å². The van der Waals surface area contributed by atoms with Crippen molar-refractivity contribution in [3.63, 3.8) is 0 Å². The summed E-state index contributed by atoms with van der Waals surface area (Å²) in [5.74, 6) is 1.59. The van der Waals surface area contributed by atoms with Crippen LogP contribution in [0.1, 0.15) is 48.9 Å². The van der Waals surface area contributed by atoms with E-state index in [0.717, 1.165) is 11.8 Å². The molecule has 1 nitrogen and oxygen atoms in total. The molecule has 1 aromatic rings. The Morgan fingerprint density at radius 3 is 2.57 bits per heavy atom. The Morgan fingerprint density at radius 1 is 1.29 bits per heavy atom. The summed E-state index contributed by atoms with van der Waals surface area (Å²) in [5.41, 5.74) is 8.73. The van der Waals surface area contributed by atoms with E-state index in [1.807, 2.05) is 6.08 Å². The molecule has 1 saturated carbocycles. The predicted octanol–water partition coefficient (Wildman–Crippen LogP) is 4.94. The topological polar surface area (TPSA) is 3.24 Å². The van der Waals surface area contributed by atoms with Crippen LogP contribution < -0.4 is 4.90 Å². The fraction of sp³-hybridized carbons (Fsp3) is 0.500. The number of nitrogens with zero attached hydrogens (tertiary/aromatic N) is 1. The van der Waals surface area contributed by atoms with Crippen molar-refractivity contribution in [1.29, 1.82) is 0 Å². The summed E-state index contributed by atoms with van der Waals surface area (Å²) >= 11 is 0. The van der Waals surface area contributed by atoms with Crippen LogP contribution in [-0.2, 0) is 12.8 Å². The van der Waals surface area contributed by atoms with Crippen molar-refractivity contribution >= 4 is 17.8 Å². The third-order valence-electron chi connectivity index (χ3n) is 4.95. The van der Waals surface area contributed by atoms with E-state index in [9.17, 15) is 0 Å². The largest absolute Gasteiger partial charge is 0.377 e. The van der Waals surface area contributed by atoms with Gasteiger partial charge in [0.05, 0.1) is 0 Å². The lowest BCUT2D eigenvalue weighted by Gasteiger charge is -2.23. The average molecular weight is 281 g/mol. The van der Waals surface area contributed by atoms with Crippen LogP contribution in [0.2, 0.25) is 0 Å². The van der Waals surface area contributed by atoms with Gasteiger partial charge < -0.3 is 4.90 Å². The molecule has 0 N–H and O–H groups in total. The molecular formula is C20H27N. The van der Waals surface area contributed by atoms with Crippen LogP contribution in [0.25, 0.3) is 12.2 Å². The zero-order valence-electron chi connectivity index (χ0n) is 13.9. The predicted molar refractivity (Wildman–Crippen MR) is 93.8 cm³/mol. The number of allylic oxidation sites excluding steroid dienone is 1. The Balaban J connectivity index is 2.19. The summed E-state index contributed by atoms with van der Waals surface area (Å²) < 4.78 is 0. The van der Waals surface area contributed by atoms with Crippen LogP contribution in [0.5, 0.6) is 0 Å². The minimum Gasteiger partial charge on any atom is -0.377 e. The molecular weight excluding hydrogens is 254 g/mol. The molecule has 0 amide bonds. The summed E-state index contributed by atoms with van der Waals surface area (Å²) in [6, 6.07) is 2.38. The molecule has 1 atom stereocenters. The maximum absolute atomic E-state index is 4.06.